The van der Waals surface area contributed by atoms with Gasteiger partial charge in [-0.25, -0.2) is 0 Å². The fourth-order valence-electron chi connectivity index (χ4n) is 1.08. The third-order valence-electron chi connectivity index (χ3n) is 1.90. The van der Waals surface area contributed by atoms with Gasteiger partial charge in [-0.15, -0.1) is 0 Å². The molecular weight excluding hydrogens is 226 g/mol. The van der Waals surface area contributed by atoms with Gasteiger partial charge in [-0.2, -0.15) is 5.10 Å². The number of aromatic nitrogens is 4. The number of anilines is 1. The molecule has 9 nitrogen and oxygen atoms in total. The highest BCUT2D eigenvalue weighted by Crippen LogP contribution is 2.10. The van der Waals surface area contributed by atoms with Gasteiger partial charge in [-0.1, -0.05) is 9.89 Å². The molecule has 2 rings (SSSR count). The number of non-ortho nitro benzene ring substituents is 1. The number of nitrogens with zero attached hydrogens (tertiary/aromatic N) is 6. The van der Waals surface area contributed by atoms with Crippen molar-refractivity contribution in [1.82, 2.24) is 20.3 Å². The second-order valence-electron chi connectivity index (χ2n) is 3.02. The van der Waals surface area contributed by atoms with Crippen molar-refractivity contribution in [2.45, 2.75) is 0 Å². The third-order valence-corrected chi connectivity index (χ3v) is 1.90. The molecule has 0 aliphatic rings. The summed E-state index contributed by atoms with van der Waals surface area (Å²) in [5.74, 6) is 0.0585. The molecule has 0 saturated heterocycles. The molecule has 0 unspecified atom stereocenters. The monoisotopic (exact) mass is 233 g/mol. The summed E-state index contributed by atoms with van der Waals surface area (Å²) in [5.41, 5.74) is 6.08. The van der Waals surface area contributed by atoms with Crippen LogP contribution < -0.4 is 5.73 Å². The van der Waals surface area contributed by atoms with Gasteiger partial charge in [0.2, 0.25) is 0 Å². The molecule has 0 aliphatic carbocycles. The first-order chi connectivity index (χ1) is 8.16. The van der Waals surface area contributed by atoms with Crippen LogP contribution >= 0.6 is 0 Å². The first-order valence-corrected chi connectivity index (χ1v) is 4.49. The van der Waals surface area contributed by atoms with Crippen molar-refractivity contribution in [1.29, 1.82) is 0 Å². The second kappa shape index (κ2) is 4.35. The van der Waals surface area contributed by atoms with Gasteiger partial charge in [0, 0.05) is 12.1 Å². The van der Waals surface area contributed by atoms with Gasteiger partial charge in [0.1, 0.15) is 0 Å². The van der Waals surface area contributed by atoms with Crippen molar-refractivity contribution in [3.05, 3.63) is 39.9 Å². The second-order valence-corrected chi connectivity index (χ2v) is 3.02. The van der Waals surface area contributed by atoms with Gasteiger partial charge in [0.05, 0.1) is 11.1 Å². The lowest BCUT2D eigenvalue weighted by atomic mass is 10.2. The molecule has 0 bridgehead atoms. The summed E-state index contributed by atoms with van der Waals surface area (Å²) in [6.07, 6.45) is 1.44. The molecule has 0 radical (unpaired) electrons. The number of hydrogen-bond donors (Lipinski definition) is 1. The minimum Gasteiger partial charge on any atom is -0.365 e. The Hall–Kier alpha value is -2.84. The molecule has 86 valence electrons. The first-order valence-electron chi connectivity index (χ1n) is 4.49. The number of hydrogen-bond acceptors (Lipinski definition) is 7. The minimum atomic E-state index is -0.472. The highest BCUT2D eigenvalue weighted by Gasteiger charge is 2.02. The Morgan fingerprint density at radius 2 is 2.12 bits per heavy atom. The van der Waals surface area contributed by atoms with Crippen LogP contribution in [0.25, 0.3) is 0 Å². The number of benzene rings is 1. The van der Waals surface area contributed by atoms with Gasteiger partial charge < -0.3 is 5.73 Å². The average molecular weight is 233 g/mol. The van der Waals surface area contributed by atoms with Crippen molar-refractivity contribution in [2.75, 3.05) is 5.73 Å². The summed E-state index contributed by atoms with van der Waals surface area (Å²) < 4.78 is 0. The van der Waals surface area contributed by atoms with Gasteiger partial charge in [-0.05, 0) is 28.1 Å². The zero-order chi connectivity index (χ0) is 12.3. The number of nitro benzene ring substituents is 1. The van der Waals surface area contributed by atoms with Gasteiger partial charge in [-0.3, -0.25) is 10.1 Å². The predicted molar refractivity (Wildman–Crippen MR) is 58.3 cm³/mol. The van der Waals surface area contributed by atoms with E-state index in [1.54, 1.807) is 12.1 Å². The van der Waals surface area contributed by atoms with E-state index >= 15 is 0 Å². The van der Waals surface area contributed by atoms with Crippen molar-refractivity contribution in [3.8, 4) is 0 Å². The molecule has 0 spiro atoms. The zero-order valence-electron chi connectivity index (χ0n) is 8.46. The van der Waals surface area contributed by atoms with Crippen molar-refractivity contribution in [2.24, 2.45) is 5.10 Å². The molecule has 1 aromatic carbocycles. The number of nitrogens with two attached hydrogens (primary N) is 1. The zero-order valence-corrected chi connectivity index (χ0v) is 8.46. The van der Waals surface area contributed by atoms with E-state index in [-0.39, 0.29) is 11.6 Å². The maximum absolute atomic E-state index is 10.4. The molecule has 2 N–H and O–H groups in total. The Morgan fingerprint density at radius 3 is 2.65 bits per heavy atom. The fraction of sp³-hybridized carbons (Fsp3) is 0. The van der Waals surface area contributed by atoms with Crippen molar-refractivity contribution >= 4 is 17.9 Å². The molecule has 17 heavy (non-hydrogen) atoms. The summed E-state index contributed by atoms with van der Waals surface area (Å²) in [5, 5.41) is 24.5. The van der Waals surface area contributed by atoms with E-state index in [2.05, 4.69) is 20.6 Å². The van der Waals surface area contributed by atoms with E-state index in [1.165, 1.54) is 18.3 Å². The molecule has 1 heterocycles. The lowest BCUT2D eigenvalue weighted by molar-refractivity contribution is -0.384. The van der Waals surface area contributed by atoms with Crippen LogP contribution in [0.2, 0.25) is 0 Å². The molecular formula is C8H7N7O2. The van der Waals surface area contributed by atoms with E-state index in [9.17, 15) is 10.1 Å². The molecule has 0 fully saturated rings. The van der Waals surface area contributed by atoms with Crippen LogP contribution in [0.1, 0.15) is 5.56 Å². The third kappa shape index (κ3) is 2.40. The van der Waals surface area contributed by atoms with E-state index in [0.29, 0.717) is 5.56 Å². The molecule has 2 aromatic rings. The maximum Gasteiger partial charge on any atom is 0.269 e. The van der Waals surface area contributed by atoms with Crippen molar-refractivity contribution in [3.63, 3.8) is 0 Å². The van der Waals surface area contributed by atoms with E-state index in [1.807, 2.05) is 0 Å². The summed E-state index contributed by atoms with van der Waals surface area (Å²) in [4.78, 5) is 11.0. The van der Waals surface area contributed by atoms with E-state index in [0.717, 1.165) is 4.79 Å². The lowest BCUT2D eigenvalue weighted by Crippen LogP contribution is -1.99. The highest BCUT2D eigenvalue weighted by atomic mass is 16.6. The van der Waals surface area contributed by atoms with Crippen LogP contribution in [-0.4, -0.2) is 31.5 Å². The van der Waals surface area contributed by atoms with Crippen LogP contribution in [0.4, 0.5) is 11.6 Å². The Bertz CT molecular complexity index is 560. The fourth-order valence-corrected chi connectivity index (χ4v) is 1.08. The lowest BCUT2D eigenvalue weighted by Gasteiger charge is -1.93. The molecule has 0 aliphatic heterocycles. The average Bonchev–Trinajstić information content (AvgIpc) is 2.73. The summed E-state index contributed by atoms with van der Waals surface area (Å²) in [7, 11) is 0. The van der Waals surface area contributed by atoms with Crippen LogP contribution in [0.15, 0.2) is 29.4 Å². The predicted octanol–water partition coefficient (Wildman–Crippen LogP) is 0.0457. The smallest absolute Gasteiger partial charge is 0.269 e. The van der Waals surface area contributed by atoms with E-state index in [4.69, 9.17) is 5.73 Å². The summed E-state index contributed by atoms with van der Waals surface area (Å²) in [6.45, 7) is 0. The largest absolute Gasteiger partial charge is 0.365 e. The van der Waals surface area contributed by atoms with Gasteiger partial charge >= 0.3 is 0 Å². The van der Waals surface area contributed by atoms with Crippen LogP contribution in [-0.2, 0) is 0 Å². The molecule has 0 saturated carbocycles. The summed E-state index contributed by atoms with van der Waals surface area (Å²) >= 11 is 0. The molecule has 9 heteroatoms. The molecule has 0 atom stereocenters. The molecule has 0 amide bonds. The first kappa shape index (κ1) is 10.7. The molecule has 1 aromatic heterocycles. The number of rotatable bonds is 3. The Labute approximate surface area is 94.7 Å². The topological polar surface area (TPSA) is 125 Å². The van der Waals surface area contributed by atoms with E-state index < -0.39 is 4.92 Å². The van der Waals surface area contributed by atoms with Gasteiger partial charge in [0.25, 0.3) is 11.6 Å². The van der Waals surface area contributed by atoms with Crippen LogP contribution in [0.5, 0.6) is 0 Å². The SMILES string of the molecule is Nc1nnnn1/N=C/c1ccc([N+](=O)[O-])cc1. The standard InChI is InChI=1S/C8H7N7O2/c9-8-11-12-13-14(8)10-5-6-1-3-7(4-2-6)15(16)17/h1-5H,(H2,9,11,13)/b10-5+. The maximum atomic E-state index is 10.4. The van der Waals surface area contributed by atoms with Crippen LogP contribution in [0.3, 0.4) is 0 Å². The quantitative estimate of drug-likeness (QED) is 0.453. The van der Waals surface area contributed by atoms with Gasteiger partial charge in [0.15, 0.2) is 0 Å². The number of nitrogen functional groups attached to an aromatic ring is 1. The Morgan fingerprint density at radius 1 is 1.41 bits per heavy atom. The Balaban J connectivity index is 2.17. The normalized spacial score (nSPS) is 10.8. The Kier molecular flexibility index (Phi) is 2.73. The van der Waals surface area contributed by atoms with Crippen molar-refractivity contribution < 1.29 is 4.92 Å². The van der Waals surface area contributed by atoms with Crippen LogP contribution in [0, 0.1) is 10.1 Å². The number of tetrazole rings is 1. The number of nitro groups is 1. The summed E-state index contributed by atoms with van der Waals surface area (Å²) in [6, 6.07) is 5.87. The minimum absolute atomic E-state index is 0.0177. The highest BCUT2D eigenvalue weighted by molar-refractivity contribution is 5.79.